The topological polar surface area (TPSA) is 97.6 Å². The zero-order valence-corrected chi connectivity index (χ0v) is 17.5. The van der Waals surface area contributed by atoms with Crippen LogP contribution in [0, 0.1) is 0 Å². The van der Waals surface area contributed by atoms with Gasteiger partial charge in [-0.3, -0.25) is 9.59 Å². The molecule has 1 N–H and O–H groups in total. The fourth-order valence-corrected chi connectivity index (χ4v) is 3.58. The van der Waals surface area contributed by atoms with Crippen LogP contribution in [0.4, 0.5) is 5.69 Å². The van der Waals surface area contributed by atoms with Crippen LogP contribution in [0.15, 0.2) is 53.1 Å². The molecule has 8 nitrogen and oxygen atoms in total. The number of hydrogen-bond acceptors (Lipinski definition) is 6. The van der Waals surface area contributed by atoms with Crippen molar-refractivity contribution in [3.8, 4) is 22.9 Å². The minimum atomic E-state index is -0.115. The summed E-state index contributed by atoms with van der Waals surface area (Å²) in [6.07, 6.45) is 1.66. The molecule has 0 radical (unpaired) electrons. The molecule has 3 aromatic rings. The number of likely N-dealkylation sites (tertiary alicyclic amines) is 1. The Bertz CT molecular complexity index is 1050. The van der Waals surface area contributed by atoms with Gasteiger partial charge in [-0.2, -0.15) is 4.98 Å². The van der Waals surface area contributed by atoms with E-state index >= 15 is 0 Å². The van der Waals surface area contributed by atoms with E-state index in [1.807, 2.05) is 29.2 Å². The first kappa shape index (κ1) is 20.6. The Morgan fingerprint density at radius 1 is 1.00 bits per heavy atom. The van der Waals surface area contributed by atoms with Crippen LogP contribution in [0.5, 0.6) is 11.5 Å². The third-order valence-corrected chi connectivity index (χ3v) is 5.25. The molecule has 160 valence electrons. The Hall–Kier alpha value is -3.68. The Balaban J connectivity index is 1.37. The Kier molecular flexibility index (Phi) is 5.97. The number of carbonyl (C=O) groups excluding carboxylic acids is 2. The Labute approximate surface area is 180 Å². The van der Waals surface area contributed by atoms with E-state index in [0.717, 1.165) is 37.2 Å². The maximum absolute atomic E-state index is 11.5. The van der Waals surface area contributed by atoms with Crippen molar-refractivity contribution < 1.29 is 18.8 Å². The number of nitrogens with zero attached hydrogens (tertiary/aromatic N) is 3. The van der Waals surface area contributed by atoms with Gasteiger partial charge in [0, 0.05) is 44.1 Å². The summed E-state index contributed by atoms with van der Waals surface area (Å²) in [6, 6.07) is 14.6. The summed E-state index contributed by atoms with van der Waals surface area (Å²) < 4.78 is 11.3. The van der Waals surface area contributed by atoms with Gasteiger partial charge in [-0.25, -0.2) is 0 Å². The van der Waals surface area contributed by atoms with E-state index in [9.17, 15) is 9.59 Å². The molecule has 0 spiro atoms. The Morgan fingerprint density at radius 2 is 1.61 bits per heavy atom. The number of nitrogens with one attached hydrogen (secondary N) is 1. The van der Waals surface area contributed by atoms with Gasteiger partial charge in [0.05, 0.1) is 0 Å². The van der Waals surface area contributed by atoms with Crippen molar-refractivity contribution in [2.75, 3.05) is 18.4 Å². The predicted molar refractivity (Wildman–Crippen MR) is 115 cm³/mol. The molecule has 4 rings (SSSR count). The molecular weight excluding hydrogens is 396 g/mol. The van der Waals surface area contributed by atoms with Crippen LogP contribution in [-0.2, 0) is 9.59 Å². The molecule has 1 aliphatic heterocycles. The molecule has 2 aromatic carbocycles. The third-order valence-electron chi connectivity index (χ3n) is 5.25. The summed E-state index contributed by atoms with van der Waals surface area (Å²) in [5.41, 5.74) is 1.56. The summed E-state index contributed by atoms with van der Waals surface area (Å²) in [7, 11) is 0. The van der Waals surface area contributed by atoms with Gasteiger partial charge in [0.15, 0.2) is 0 Å². The second-order valence-corrected chi connectivity index (χ2v) is 7.57. The lowest BCUT2D eigenvalue weighted by Gasteiger charge is -2.29. The molecule has 1 aliphatic rings. The zero-order valence-electron chi connectivity index (χ0n) is 17.5. The molecule has 1 fully saturated rings. The molecule has 1 aromatic heterocycles. The molecule has 8 heteroatoms. The third kappa shape index (κ3) is 5.09. The molecule has 0 aliphatic carbocycles. The number of piperidine rings is 1. The standard InChI is InChI=1S/C23H24N4O4/c1-15(28)24-19-5-9-21(10-6-19)30-20-7-3-17(4-8-20)22-25-23(31-26-22)18-11-13-27(14-12-18)16(2)29/h3-10,18H,11-14H2,1-2H3,(H,24,28). The largest absolute Gasteiger partial charge is 0.457 e. The van der Waals surface area contributed by atoms with Gasteiger partial charge in [0.2, 0.25) is 23.5 Å². The van der Waals surface area contributed by atoms with Crippen molar-refractivity contribution in [3.63, 3.8) is 0 Å². The molecule has 0 unspecified atom stereocenters. The number of ether oxygens (including phenoxy) is 1. The summed E-state index contributed by atoms with van der Waals surface area (Å²) in [4.78, 5) is 29.0. The molecule has 2 heterocycles. The van der Waals surface area contributed by atoms with Gasteiger partial charge in [-0.15, -0.1) is 0 Å². The quantitative estimate of drug-likeness (QED) is 0.664. The average Bonchev–Trinajstić information content (AvgIpc) is 3.26. The number of hydrogen-bond donors (Lipinski definition) is 1. The highest BCUT2D eigenvalue weighted by molar-refractivity contribution is 5.88. The van der Waals surface area contributed by atoms with Crippen LogP contribution in [0.25, 0.3) is 11.4 Å². The van der Waals surface area contributed by atoms with Gasteiger partial charge in [-0.05, 0) is 61.4 Å². The highest BCUT2D eigenvalue weighted by Crippen LogP contribution is 2.30. The lowest BCUT2D eigenvalue weighted by atomic mass is 9.97. The fraction of sp³-hybridized carbons (Fsp3) is 0.304. The predicted octanol–water partition coefficient (Wildman–Crippen LogP) is 4.21. The number of aromatic nitrogens is 2. The normalized spacial score (nSPS) is 14.3. The monoisotopic (exact) mass is 420 g/mol. The van der Waals surface area contributed by atoms with E-state index in [-0.39, 0.29) is 17.7 Å². The van der Waals surface area contributed by atoms with Crippen molar-refractivity contribution in [2.24, 2.45) is 0 Å². The minimum absolute atomic E-state index is 0.107. The van der Waals surface area contributed by atoms with E-state index in [1.165, 1.54) is 6.92 Å². The summed E-state index contributed by atoms with van der Waals surface area (Å²) in [5, 5.41) is 6.84. The van der Waals surface area contributed by atoms with Gasteiger partial charge < -0.3 is 19.5 Å². The maximum Gasteiger partial charge on any atom is 0.230 e. The van der Waals surface area contributed by atoms with E-state index in [0.29, 0.717) is 23.2 Å². The molecule has 31 heavy (non-hydrogen) atoms. The van der Waals surface area contributed by atoms with Crippen molar-refractivity contribution in [1.29, 1.82) is 0 Å². The number of anilines is 1. The smallest absolute Gasteiger partial charge is 0.230 e. The van der Waals surface area contributed by atoms with E-state index in [2.05, 4.69) is 15.5 Å². The first-order valence-corrected chi connectivity index (χ1v) is 10.2. The van der Waals surface area contributed by atoms with Crippen molar-refractivity contribution >= 4 is 17.5 Å². The van der Waals surface area contributed by atoms with Gasteiger partial charge >= 0.3 is 0 Å². The highest BCUT2D eigenvalue weighted by atomic mass is 16.5. The lowest BCUT2D eigenvalue weighted by molar-refractivity contribution is -0.129. The first-order chi connectivity index (χ1) is 15.0. The zero-order chi connectivity index (χ0) is 21.8. The molecule has 0 bridgehead atoms. The number of amides is 2. The second-order valence-electron chi connectivity index (χ2n) is 7.57. The van der Waals surface area contributed by atoms with Crippen LogP contribution in [-0.4, -0.2) is 39.9 Å². The van der Waals surface area contributed by atoms with E-state index in [4.69, 9.17) is 9.26 Å². The van der Waals surface area contributed by atoms with Crippen molar-refractivity contribution in [2.45, 2.75) is 32.6 Å². The van der Waals surface area contributed by atoms with E-state index in [1.54, 1.807) is 31.2 Å². The first-order valence-electron chi connectivity index (χ1n) is 10.2. The summed E-state index contributed by atoms with van der Waals surface area (Å²) >= 11 is 0. The van der Waals surface area contributed by atoms with Crippen LogP contribution >= 0.6 is 0 Å². The molecule has 2 amide bonds. The highest BCUT2D eigenvalue weighted by Gasteiger charge is 2.26. The molecular formula is C23H24N4O4. The molecule has 1 saturated heterocycles. The lowest BCUT2D eigenvalue weighted by Crippen LogP contribution is -2.36. The van der Waals surface area contributed by atoms with Crippen LogP contribution in [0.2, 0.25) is 0 Å². The Morgan fingerprint density at radius 3 is 2.19 bits per heavy atom. The van der Waals surface area contributed by atoms with Crippen LogP contribution < -0.4 is 10.1 Å². The second kappa shape index (κ2) is 8.99. The number of carbonyl (C=O) groups is 2. The molecule has 0 saturated carbocycles. The SMILES string of the molecule is CC(=O)Nc1ccc(Oc2ccc(-c3noc(C4CCN(C(C)=O)CC4)n3)cc2)cc1. The summed E-state index contributed by atoms with van der Waals surface area (Å²) in [6.45, 7) is 4.50. The van der Waals surface area contributed by atoms with Crippen LogP contribution in [0.1, 0.15) is 38.5 Å². The average molecular weight is 420 g/mol. The maximum atomic E-state index is 11.5. The van der Waals surface area contributed by atoms with Crippen molar-refractivity contribution in [3.05, 3.63) is 54.4 Å². The minimum Gasteiger partial charge on any atom is -0.457 e. The van der Waals surface area contributed by atoms with E-state index < -0.39 is 0 Å². The van der Waals surface area contributed by atoms with Gasteiger partial charge in [0.1, 0.15) is 11.5 Å². The number of benzene rings is 2. The fourth-order valence-electron chi connectivity index (χ4n) is 3.58. The van der Waals surface area contributed by atoms with Crippen LogP contribution in [0.3, 0.4) is 0 Å². The molecule has 0 atom stereocenters. The van der Waals surface area contributed by atoms with Crippen molar-refractivity contribution in [1.82, 2.24) is 15.0 Å². The van der Waals surface area contributed by atoms with Gasteiger partial charge in [0.25, 0.3) is 0 Å². The number of rotatable bonds is 5. The van der Waals surface area contributed by atoms with Gasteiger partial charge in [-0.1, -0.05) is 5.16 Å². The summed E-state index contributed by atoms with van der Waals surface area (Å²) in [5.74, 6) is 2.68.